The highest BCUT2D eigenvalue weighted by atomic mass is 15.3. The average molecular weight is 208 g/mol. The Labute approximate surface area is 90.9 Å². The van der Waals surface area contributed by atoms with E-state index in [0.29, 0.717) is 12.0 Å². The van der Waals surface area contributed by atoms with E-state index in [9.17, 15) is 0 Å². The summed E-state index contributed by atoms with van der Waals surface area (Å²) < 4.78 is 2.07. The van der Waals surface area contributed by atoms with Crippen LogP contribution in [0, 0.1) is 5.92 Å². The molecule has 0 aromatic carbocycles. The molecule has 0 bridgehead atoms. The zero-order chi connectivity index (χ0) is 10.8. The second-order valence-corrected chi connectivity index (χ2v) is 4.59. The van der Waals surface area contributed by atoms with Gasteiger partial charge in [0, 0.05) is 25.4 Å². The van der Waals surface area contributed by atoms with Crippen LogP contribution in [-0.4, -0.2) is 20.8 Å². The van der Waals surface area contributed by atoms with Crippen LogP contribution in [0.1, 0.15) is 38.3 Å². The number of nitrogens with two attached hydrogens (primary N) is 1. The first kappa shape index (κ1) is 10.6. The van der Waals surface area contributed by atoms with Gasteiger partial charge in [0.25, 0.3) is 0 Å². The van der Waals surface area contributed by atoms with Gasteiger partial charge >= 0.3 is 0 Å². The van der Waals surface area contributed by atoms with Crippen molar-refractivity contribution in [3.05, 3.63) is 11.6 Å². The van der Waals surface area contributed by atoms with Crippen molar-refractivity contribution in [2.24, 2.45) is 11.7 Å². The van der Waals surface area contributed by atoms with Crippen molar-refractivity contribution >= 4 is 0 Å². The molecular formula is C11H20N4. The summed E-state index contributed by atoms with van der Waals surface area (Å²) in [7, 11) is 0. The van der Waals surface area contributed by atoms with Gasteiger partial charge in [-0.3, -0.25) is 0 Å². The molecule has 0 saturated heterocycles. The topological polar surface area (TPSA) is 56.7 Å². The van der Waals surface area contributed by atoms with E-state index >= 15 is 0 Å². The van der Waals surface area contributed by atoms with Crippen molar-refractivity contribution in [1.82, 2.24) is 14.8 Å². The van der Waals surface area contributed by atoms with Crippen LogP contribution in [0.2, 0.25) is 0 Å². The minimum absolute atomic E-state index is 0.301. The molecule has 2 N–H and O–H groups in total. The molecule has 2 rings (SSSR count). The molecule has 0 radical (unpaired) electrons. The molecule has 4 heteroatoms. The number of hydrogen-bond donors (Lipinski definition) is 1. The van der Waals surface area contributed by atoms with E-state index < -0.39 is 0 Å². The lowest BCUT2D eigenvalue weighted by Gasteiger charge is -2.23. The molecule has 1 aromatic rings. The van der Waals surface area contributed by atoms with Gasteiger partial charge in [0.1, 0.15) is 5.82 Å². The van der Waals surface area contributed by atoms with E-state index in [2.05, 4.69) is 28.6 Å². The van der Waals surface area contributed by atoms with Crippen LogP contribution in [0.3, 0.4) is 0 Å². The summed E-state index contributed by atoms with van der Waals surface area (Å²) in [6.45, 7) is 5.19. The van der Waals surface area contributed by atoms with Crippen molar-refractivity contribution < 1.29 is 0 Å². The lowest BCUT2D eigenvalue weighted by Crippen LogP contribution is -2.26. The van der Waals surface area contributed by atoms with Crippen molar-refractivity contribution in [2.75, 3.05) is 0 Å². The Bertz CT molecular complexity index is 329. The fraction of sp³-hybridized carbons (Fsp3) is 0.818. The highest BCUT2D eigenvalue weighted by Gasteiger charge is 2.22. The van der Waals surface area contributed by atoms with Crippen LogP contribution in [0.5, 0.6) is 0 Å². The number of fused-ring (bicyclic) bond motifs is 1. The Morgan fingerprint density at radius 1 is 1.60 bits per heavy atom. The minimum atomic E-state index is 0.301. The second kappa shape index (κ2) is 4.31. The van der Waals surface area contributed by atoms with E-state index in [-0.39, 0.29) is 0 Å². The third-order valence-corrected chi connectivity index (χ3v) is 3.03. The minimum Gasteiger partial charge on any atom is -0.328 e. The summed E-state index contributed by atoms with van der Waals surface area (Å²) in [6, 6.07) is 0.301. The maximum atomic E-state index is 5.83. The lowest BCUT2D eigenvalue weighted by molar-refractivity contribution is 0.329. The monoisotopic (exact) mass is 208 g/mol. The van der Waals surface area contributed by atoms with Gasteiger partial charge in [0.15, 0.2) is 5.82 Å². The number of aromatic nitrogens is 3. The summed E-state index contributed by atoms with van der Waals surface area (Å²) in [5, 5.41) is 4.46. The first-order chi connectivity index (χ1) is 7.19. The van der Waals surface area contributed by atoms with E-state index in [0.717, 1.165) is 37.5 Å². The Hall–Kier alpha value is -0.900. The third-order valence-electron chi connectivity index (χ3n) is 3.03. The molecule has 0 fully saturated rings. The highest BCUT2D eigenvalue weighted by Crippen LogP contribution is 2.22. The summed E-state index contributed by atoms with van der Waals surface area (Å²) in [5.41, 5.74) is 5.83. The zero-order valence-corrected chi connectivity index (χ0v) is 9.61. The zero-order valence-electron chi connectivity index (χ0n) is 9.61. The molecule has 0 saturated carbocycles. The molecule has 1 aliphatic heterocycles. The van der Waals surface area contributed by atoms with Gasteiger partial charge in [0.2, 0.25) is 0 Å². The van der Waals surface area contributed by atoms with E-state index in [1.807, 2.05) is 0 Å². The first-order valence-corrected chi connectivity index (χ1v) is 5.87. The summed E-state index contributed by atoms with van der Waals surface area (Å²) in [5.74, 6) is 2.83. The van der Waals surface area contributed by atoms with Crippen LogP contribution >= 0.6 is 0 Å². The van der Waals surface area contributed by atoms with Crippen LogP contribution in [0.4, 0.5) is 0 Å². The Balaban J connectivity index is 2.05. The summed E-state index contributed by atoms with van der Waals surface area (Å²) >= 11 is 0. The van der Waals surface area contributed by atoms with Crippen molar-refractivity contribution in [2.45, 2.75) is 52.1 Å². The molecule has 0 spiro atoms. The first-order valence-electron chi connectivity index (χ1n) is 5.87. The number of rotatable bonds is 3. The van der Waals surface area contributed by atoms with Gasteiger partial charge in [-0.25, -0.2) is 9.67 Å². The van der Waals surface area contributed by atoms with Gasteiger partial charge < -0.3 is 5.73 Å². The normalized spacial score (nSPS) is 22.5. The van der Waals surface area contributed by atoms with Gasteiger partial charge in [0.05, 0.1) is 0 Å². The molecule has 1 aliphatic rings. The second-order valence-electron chi connectivity index (χ2n) is 4.59. The smallest absolute Gasteiger partial charge is 0.150 e. The highest BCUT2D eigenvalue weighted by molar-refractivity contribution is 4.97. The quantitative estimate of drug-likeness (QED) is 0.810. The number of nitrogens with zero attached hydrogens (tertiary/aromatic N) is 3. The van der Waals surface area contributed by atoms with Crippen LogP contribution in [-0.2, 0) is 19.4 Å². The van der Waals surface area contributed by atoms with E-state index in [1.54, 1.807) is 0 Å². The summed E-state index contributed by atoms with van der Waals surface area (Å²) in [6.07, 6.45) is 4.28. The molecule has 1 aromatic heterocycles. The Morgan fingerprint density at radius 3 is 3.07 bits per heavy atom. The van der Waals surface area contributed by atoms with Crippen LogP contribution in [0.15, 0.2) is 0 Å². The molecule has 0 aliphatic carbocycles. The Morgan fingerprint density at radius 2 is 2.40 bits per heavy atom. The number of aryl methyl sites for hydroxylation is 2. The maximum absolute atomic E-state index is 5.83. The fourth-order valence-electron chi connectivity index (χ4n) is 2.30. The molecule has 0 amide bonds. The van der Waals surface area contributed by atoms with Gasteiger partial charge in [-0.1, -0.05) is 6.92 Å². The summed E-state index contributed by atoms with van der Waals surface area (Å²) in [4.78, 5) is 4.54. The van der Waals surface area contributed by atoms with Gasteiger partial charge in [-0.2, -0.15) is 5.10 Å². The van der Waals surface area contributed by atoms with Crippen LogP contribution in [0.25, 0.3) is 0 Å². The molecule has 2 atom stereocenters. The van der Waals surface area contributed by atoms with Crippen LogP contribution < -0.4 is 5.73 Å². The molecule has 15 heavy (non-hydrogen) atoms. The van der Waals surface area contributed by atoms with Crippen molar-refractivity contribution in [3.8, 4) is 0 Å². The molecular weight excluding hydrogens is 188 g/mol. The molecule has 2 unspecified atom stereocenters. The third kappa shape index (κ3) is 2.37. The maximum Gasteiger partial charge on any atom is 0.150 e. The van der Waals surface area contributed by atoms with Crippen molar-refractivity contribution in [3.63, 3.8) is 0 Å². The average Bonchev–Trinajstić information content (AvgIpc) is 2.58. The number of hydrogen-bond acceptors (Lipinski definition) is 3. The van der Waals surface area contributed by atoms with E-state index in [1.165, 1.54) is 6.42 Å². The molecule has 2 heterocycles. The van der Waals surface area contributed by atoms with E-state index in [4.69, 9.17) is 5.73 Å². The SMILES string of the molecule is CCc1nc2n(n1)CCC(CC(C)N)C2. The standard InChI is InChI=1S/C11H20N4/c1-3-10-13-11-7-9(6-8(2)12)4-5-15(11)14-10/h8-9H,3-7,12H2,1-2H3. The predicted octanol–water partition coefficient (Wildman–Crippen LogP) is 1.14. The van der Waals surface area contributed by atoms with Gasteiger partial charge in [-0.05, 0) is 25.7 Å². The fourth-order valence-corrected chi connectivity index (χ4v) is 2.30. The molecule has 84 valence electrons. The molecule has 4 nitrogen and oxygen atoms in total. The van der Waals surface area contributed by atoms with Gasteiger partial charge in [-0.15, -0.1) is 0 Å². The van der Waals surface area contributed by atoms with Crippen molar-refractivity contribution in [1.29, 1.82) is 0 Å². The lowest BCUT2D eigenvalue weighted by atomic mass is 9.92. The largest absolute Gasteiger partial charge is 0.328 e. The Kier molecular flexibility index (Phi) is 3.05. The predicted molar refractivity (Wildman–Crippen MR) is 59.5 cm³/mol.